The van der Waals surface area contributed by atoms with Gasteiger partial charge >= 0.3 is 0 Å². The second-order valence-electron chi connectivity index (χ2n) is 2.63. The van der Waals surface area contributed by atoms with Gasteiger partial charge in [0.1, 0.15) is 0 Å². The van der Waals surface area contributed by atoms with E-state index in [1.807, 2.05) is 6.92 Å². The van der Waals surface area contributed by atoms with Gasteiger partial charge in [-0.1, -0.05) is 13.0 Å². The van der Waals surface area contributed by atoms with Crippen LogP contribution in [0.15, 0.2) is 12.7 Å². The maximum absolute atomic E-state index is 11.3. The van der Waals surface area contributed by atoms with Gasteiger partial charge in [0, 0.05) is 12.5 Å². The largest absolute Gasteiger partial charge is 0.355 e. The van der Waals surface area contributed by atoms with E-state index >= 15 is 0 Å². The number of carbonyl (C=O) groups is 1. The third kappa shape index (κ3) is 1.88. The standard InChI is InChI=1S/C8H13NO2/c1-3-6(2)7(10)8-9-4-5-11-8/h3,6,8-9H,1,4-5H2,2H3/t6-,8?/m1/s1. The van der Waals surface area contributed by atoms with Crippen LogP contribution in [0.5, 0.6) is 0 Å². The number of allylic oxidation sites excluding steroid dienone is 1. The fourth-order valence-corrected chi connectivity index (χ4v) is 0.963. The van der Waals surface area contributed by atoms with Crippen LogP contribution in [0.25, 0.3) is 0 Å². The highest BCUT2D eigenvalue weighted by molar-refractivity contribution is 5.86. The molecule has 0 aromatic carbocycles. The van der Waals surface area contributed by atoms with E-state index in [1.54, 1.807) is 6.08 Å². The zero-order valence-electron chi connectivity index (χ0n) is 6.67. The Kier molecular flexibility index (Phi) is 2.79. The summed E-state index contributed by atoms with van der Waals surface area (Å²) in [7, 11) is 0. The molecule has 1 fully saturated rings. The summed E-state index contributed by atoms with van der Waals surface area (Å²) in [6.07, 6.45) is 1.23. The average Bonchev–Trinajstić information content (AvgIpc) is 2.53. The molecule has 0 radical (unpaired) electrons. The molecule has 1 aliphatic heterocycles. The number of carbonyl (C=O) groups excluding carboxylic acids is 1. The summed E-state index contributed by atoms with van der Waals surface area (Å²) in [6, 6.07) is 0. The van der Waals surface area contributed by atoms with Gasteiger partial charge in [0.05, 0.1) is 6.61 Å². The summed E-state index contributed by atoms with van der Waals surface area (Å²) >= 11 is 0. The summed E-state index contributed by atoms with van der Waals surface area (Å²) in [5, 5.41) is 2.95. The van der Waals surface area contributed by atoms with E-state index in [0.29, 0.717) is 6.61 Å². The van der Waals surface area contributed by atoms with Crippen molar-refractivity contribution < 1.29 is 9.53 Å². The van der Waals surface area contributed by atoms with Gasteiger partial charge in [-0.2, -0.15) is 0 Å². The fourth-order valence-electron chi connectivity index (χ4n) is 0.963. The molecule has 1 saturated heterocycles. The van der Waals surface area contributed by atoms with Gasteiger partial charge in [0.25, 0.3) is 0 Å². The fraction of sp³-hybridized carbons (Fsp3) is 0.625. The van der Waals surface area contributed by atoms with E-state index in [2.05, 4.69) is 11.9 Å². The zero-order chi connectivity index (χ0) is 8.27. The Morgan fingerprint density at radius 3 is 3.09 bits per heavy atom. The highest BCUT2D eigenvalue weighted by Gasteiger charge is 2.25. The lowest BCUT2D eigenvalue weighted by atomic mass is 10.1. The van der Waals surface area contributed by atoms with Crippen molar-refractivity contribution in [2.45, 2.75) is 13.2 Å². The van der Waals surface area contributed by atoms with Crippen molar-refractivity contribution in [3.63, 3.8) is 0 Å². The molecule has 0 amide bonds. The van der Waals surface area contributed by atoms with Crippen molar-refractivity contribution in [2.75, 3.05) is 13.2 Å². The van der Waals surface area contributed by atoms with Gasteiger partial charge in [0.15, 0.2) is 12.0 Å². The van der Waals surface area contributed by atoms with Crippen molar-refractivity contribution in [2.24, 2.45) is 5.92 Å². The number of hydrogen-bond acceptors (Lipinski definition) is 3. The summed E-state index contributed by atoms with van der Waals surface area (Å²) in [4.78, 5) is 11.3. The minimum atomic E-state index is -0.400. The molecule has 3 nitrogen and oxygen atoms in total. The predicted molar refractivity (Wildman–Crippen MR) is 42.1 cm³/mol. The van der Waals surface area contributed by atoms with Crippen LogP contribution in [-0.4, -0.2) is 25.2 Å². The van der Waals surface area contributed by atoms with E-state index in [1.165, 1.54) is 0 Å². The lowest BCUT2D eigenvalue weighted by Gasteiger charge is -2.10. The number of hydrogen-bond donors (Lipinski definition) is 1. The molecule has 1 rings (SSSR count). The second-order valence-corrected chi connectivity index (χ2v) is 2.63. The molecule has 3 heteroatoms. The first-order valence-electron chi connectivity index (χ1n) is 3.77. The first-order valence-corrected chi connectivity index (χ1v) is 3.77. The van der Waals surface area contributed by atoms with Crippen molar-refractivity contribution in [1.29, 1.82) is 0 Å². The monoisotopic (exact) mass is 155 g/mol. The van der Waals surface area contributed by atoms with Crippen molar-refractivity contribution in [3.05, 3.63) is 12.7 Å². The third-order valence-corrected chi connectivity index (χ3v) is 1.78. The molecule has 0 aromatic heterocycles. The number of ether oxygens (including phenoxy) is 1. The first kappa shape index (κ1) is 8.43. The van der Waals surface area contributed by atoms with Gasteiger partial charge in [-0.3, -0.25) is 10.1 Å². The normalized spacial score (nSPS) is 26.5. The predicted octanol–water partition coefficient (Wildman–Crippen LogP) is 0.323. The third-order valence-electron chi connectivity index (χ3n) is 1.78. The molecule has 2 atom stereocenters. The van der Waals surface area contributed by atoms with Crippen LogP contribution >= 0.6 is 0 Å². The Labute approximate surface area is 66.4 Å². The molecule has 62 valence electrons. The molecule has 11 heavy (non-hydrogen) atoms. The minimum absolute atomic E-state index is 0.0671. The quantitative estimate of drug-likeness (QED) is 0.597. The molecular weight excluding hydrogens is 142 g/mol. The molecule has 0 bridgehead atoms. The smallest absolute Gasteiger partial charge is 0.182 e. The molecule has 0 aromatic rings. The summed E-state index contributed by atoms with van der Waals surface area (Å²) in [5.41, 5.74) is 0. The number of rotatable bonds is 3. The van der Waals surface area contributed by atoms with E-state index in [9.17, 15) is 4.79 Å². The van der Waals surface area contributed by atoms with Crippen LogP contribution in [0.4, 0.5) is 0 Å². The molecule has 1 heterocycles. The number of nitrogens with one attached hydrogen (secondary N) is 1. The Hall–Kier alpha value is -0.670. The molecule has 1 unspecified atom stereocenters. The Bertz CT molecular complexity index is 161. The van der Waals surface area contributed by atoms with E-state index < -0.39 is 6.23 Å². The van der Waals surface area contributed by atoms with Crippen LogP contribution in [0.1, 0.15) is 6.92 Å². The van der Waals surface area contributed by atoms with Crippen LogP contribution in [-0.2, 0) is 9.53 Å². The van der Waals surface area contributed by atoms with Gasteiger partial charge in [-0.05, 0) is 0 Å². The molecule has 0 saturated carbocycles. The average molecular weight is 155 g/mol. The van der Waals surface area contributed by atoms with Crippen LogP contribution in [0.2, 0.25) is 0 Å². The topological polar surface area (TPSA) is 38.3 Å². The number of Topliss-reactive ketones (excluding diaryl/α,β-unsaturated/α-hetero) is 1. The van der Waals surface area contributed by atoms with Crippen molar-refractivity contribution in [1.82, 2.24) is 5.32 Å². The Morgan fingerprint density at radius 2 is 2.64 bits per heavy atom. The summed E-state index contributed by atoms with van der Waals surface area (Å²) < 4.78 is 5.13. The minimum Gasteiger partial charge on any atom is -0.355 e. The lowest BCUT2D eigenvalue weighted by Crippen LogP contribution is -2.35. The van der Waals surface area contributed by atoms with Crippen LogP contribution in [0, 0.1) is 5.92 Å². The first-order chi connectivity index (χ1) is 5.25. The van der Waals surface area contributed by atoms with Gasteiger partial charge in [-0.25, -0.2) is 0 Å². The molecule has 1 N–H and O–H groups in total. The Morgan fingerprint density at radius 1 is 1.91 bits per heavy atom. The van der Waals surface area contributed by atoms with Gasteiger partial charge < -0.3 is 4.74 Å². The van der Waals surface area contributed by atoms with E-state index in [4.69, 9.17) is 4.74 Å². The molecule has 0 spiro atoms. The molecular formula is C8H13NO2. The zero-order valence-corrected chi connectivity index (χ0v) is 6.67. The van der Waals surface area contributed by atoms with Gasteiger partial charge in [0.2, 0.25) is 0 Å². The molecule has 0 aliphatic carbocycles. The highest BCUT2D eigenvalue weighted by Crippen LogP contribution is 2.06. The summed E-state index contributed by atoms with van der Waals surface area (Å²) in [5.74, 6) is -0.0527. The summed E-state index contributed by atoms with van der Waals surface area (Å²) in [6.45, 7) is 6.76. The van der Waals surface area contributed by atoms with E-state index in [-0.39, 0.29) is 11.7 Å². The van der Waals surface area contributed by atoms with Crippen molar-refractivity contribution in [3.8, 4) is 0 Å². The van der Waals surface area contributed by atoms with Crippen molar-refractivity contribution >= 4 is 5.78 Å². The Balaban J connectivity index is 2.45. The maximum atomic E-state index is 11.3. The van der Waals surface area contributed by atoms with Crippen LogP contribution < -0.4 is 5.32 Å². The molecule has 1 aliphatic rings. The van der Waals surface area contributed by atoms with Gasteiger partial charge in [-0.15, -0.1) is 6.58 Å². The van der Waals surface area contributed by atoms with E-state index in [0.717, 1.165) is 6.54 Å². The SMILES string of the molecule is C=C[C@@H](C)C(=O)C1NCCO1. The van der Waals surface area contributed by atoms with Crippen LogP contribution in [0.3, 0.4) is 0 Å². The highest BCUT2D eigenvalue weighted by atomic mass is 16.5. The second kappa shape index (κ2) is 3.64. The maximum Gasteiger partial charge on any atom is 0.182 e. The number of ketones is 1. The lowest BCUT2D eigenvalue weighted by molar-refractivity contribution is -0.131.